The fourth-order valence-electron chi connectivity index (χ4n) is 2.21. The van der Waals surface area contributed by atoms with Crippen molar-refractivity contribution in [3.05, 3.63) is 0 Å². The van der Waals surface area contributed by atoms with E-state index in [9.17, 15) is 9.59 Å². The van der Waals surface area contributed by atoms with Gasteiger partial charge in [-0.3, -0.25) is 9.59 Å². The summed E-state index contributed by atoms with van der Waals surface area (Å²) in [5, 5.41) is 5.43. The second kappa shape index (κ2) is 8.87. The number of hydrogen-bond donors (Lipinski definition) is 3. The highest BCUT2D eigenvalue weighted by Crippen LogP contribution is 2.10. The van der Waals surface area contributed by atoms with Gasteiger partial charge in [-0.25, -0.2) is 0 Å². The molecule has 1 saturated heterocycles. The van der Waals surface area contributed by atoms with Gasteiger partial charge in [0.15, 0.2) is 0 Å². The quantitative estimate of drug-likeness (QED) is 0.579. The maximum Gasteiger partial charge on any atom is 0.239 e. The number of likely N-dealkylation sites (tertiary alicyclic amines) is 1. The number of unbranched alkanes of at least 4 members (excludes halogenated alkanes) is 1. The Hall–Kier alpha value is -1.14. The molecular weight excluding hydrogens is 244 g/mol. The van der Waals surface area contributed by atoms with Crippen LogP contribution in [0, 0.1) is 0 Å². The molecule has 19 heavy (non-hydrogen) atoms. The molecule has 0 unspecified atom stereocenters. The predicted molar refractivity (Wildman–Crippen MR) is 74.6 cm³/mol. The molecule has 6 heteroatoms. The summed E-state index contributed by atoms with van der Waals surface area (Å²) in [6.07, 6.45) is 4.43. The van der Waals surface area contributed by atoms with Crippen LogP contribution in [0.1, 0.15) is 32.6 Å². The minimum Gasteiger partial charge on any atom is -0.352 e. The Morgan fingerprint density at radius 2 is 1.95 bits per heavy atom. The number of piperidine rings is 1. The molecule has 0 atom stereocenters. The molecule has 1 aliphatic heterocycles. The summed E-state index contributed by atoms with van der Waals surface area (Å²) < 4.78 is 0. The van der Waals surface area contributed by atoms with E-state index < -0.39 is 0 Å². The van der Waals surface area contributed by atoms with Crippen LogP contribution < -0.4 is 16.4 Å². The van der Waals surface area contributed by atoms with E-state index in [2.05, 4.69) is 22.5 Å². The van der Waals surface area contributed by atoms with Crippen LogP contribution in [0.3, 0.4) is 0 Å². The Kier molecular flexibility index (Phi) is 7.43. The topological polar surface area (TPSA) is 87.5 Å². The number of nitrogens with zero attached hydrogens (tertiary/aromatic N) is 1. The van der Waals surface area contributed by atoms with E-state index in [0.29, 0.717) is 0 Å². The second-order valence-electron chi connectivity index (χ2n) is 5.02. The number of nitrogens with two attached hydrogens (primary N) is 1. The molecule has 1 aliphatic rings. The first-order valence-electron chi connectivity index (χ1n) is 7.14. The van der Waals surface area contributed by atoms with Crippen LogP contribution in [0.25, 0.3) is 0 Å². The van der Waals surface area contributed by atoms with Gasteiger partial charge in [0.25, 0.3) is 0 Å². The lowest BCUT2D eigenvalue weighted by Crippen LogP contribution is -2.48. The molecule has 1 rings (SSSR count). The molecule has 2 amide bonds. The molecular formula is C13H26N4O2. The van der Waals surface area contributed by atoms with Crippen LogP contribution in [-0.2, 0) is 9.59 Å². The summed E-state index contributed by atoms with van der Waals surface area (Å²) in [7, 11) is 0. The molecule has 0 aliphatic carbocycles. The van der Waals surface area contributed by atoms with Crippen molar-refractivity contribution in [3.63, 3.8) is 0 Å². The summed E-state index contributed by atoms with van der Waals surface area (Å²) >= 11 is 0. The third-order valence-corrected chi connectivity index (χ3v) is 3.41. The SMILES string of the molecule is CCCCN1CCC(NC(=O)CNC(=O)CN)CC1. The molecule has 0 aromatic rings. The van der Waals surface area contributed by atoms with Crippen molar-refractivity contribution in [1.82, 2.24) is 15.5 Å². The van der Waals surface area contributed by atoms with E-state index in [4.69, 9.17) is 5.73 Å². The van der Waals surface area contributed by atoms with Crippen LogP contribution in [0.2, 0.25) is 0 Å². The molecule has 6 nitrogen and oxygen atoms in total. The smallest absolute Gasteiger partial charge is 0.239 e. The van der Waals surface area contributed by atoms with E-state index in [1.54, 1.807) is 0 Å². The molecule has 0 aromatic carbocycles. The molecule has 0 radical (unpaired) electrons. The maximum absolute atomic E-state index is 11.6. The third kappa shape index (κ3) is 6.54. The standard InChI is InChI=1S/C13H26N4O2/c1-2-3-6-17-7-4-11(5-8-17)16-13(19)10-15-12(18)9-14/h11H,2-10,14H2,1H3,(H,15,18)(H,16,19). The van der Waals surface area contributed by atoms with Crippen molar-refractivity contribution in [2.45, 2.75) is 38.6 Å². The van der Waals surface area contributed by atoms with E-state index >= 15 is 0 Å². The highest BCUT2D eigenvalue weighted by molar-refractivity contribution is 5.85. The molecule has 0 aromatic heterocycles. The number of amides is 2. The number of hydrogen-bond acceptors (Lipinski definition) is 4. The van der Waals surface area contributed by atoms with Crippen LogP contribution in [0.15, 0.2) is 0 Å². The van der Waals surface area contributed by atoms with E-state index in [1.165, 1.54) is 12.8 Å². The Labute approximate surface area is 115 Å². The van der Waals surface area contributed by atoms with Gasteiger partial charge in [0, 0.05) is 19.1 Å². The van der Waals surface area contributed by atoms with Gasteiger partial charge < -0.3 is 21.3 Å². The Morgan fingerprint density at radius 3 is 2.53 bits per heavy atom. The minimum absolute atomic E-state index is 0.0199. The van der Waals surface area contributed by atoms with Gasteiger partial charge in [0.05, 0.1) is 13.1 Å². The monoisotopic (exact) mass is 270 g/mol. The highest BCUT2D eigenvalue weighted by Gasteiger charge is 2.20. The molecule has 1 heterocycles. The Bertz CT molecular complexity index is 288. The zero-order valence-corrected chi connectivity index (χ0v) is 11.8. The van der Waals surface area contributed by atoms with Gasteiger partial charge in [-0.05, 0) is 25.8 Å². The van der Waals surface area contributed by atoms with E-state index in [1.807, 2.05) is 0 Å². The molecule has 110 valence electrons. The summed E-state index contributed by atoms with van der Waals surface area (Å²) in [4.78, 5) is 25.0. The molecule has 0 saturated carbocycles. The van der Waals surface area contributed by atoms with E-state index in [-0.39, 0.29) is 30.9 Å². The molecule has 0 spiro atoms. The first-order chi connectivity index (χ1) is 9.15. The van der Waals surface area contributed by atoms with Gasteiger partial charge in [-0.15, -0.1) is 0 Å². The largest absolute Gasteiger partial charge is 0.352 e. The number of carbonyl (C=O) groups excluding carboxylic acids is 2. The van der Waals surface area contributed by atoms with Crippen LogP contribution in [-0.4, -0.2) is 55.5 Å². The fraction of sp³-hybridized carbons (Fsp3) is 0.846. The van der Waals surface area contributed by atoms with Crippen molar-refractivity contribution in [2.75, 3.05) is 32.7 Å². The lowest BCUT2D eigenvalue weighted by atomic mass is 10.0. The predicted octanol–water partition coefficient (Wildman–Crippen LogP) is -0.558. The summed E-state index contributed by atoms with van der Waals surface area (Å²) in [5.41, 5.74) is 5.15. The zero-order valence-electron chi connectivity index (χ0n) is 11.8. The normalized spacial score (nSPS) is 17.2. The van der Waals surface area contributed by atoms with Crippen molar-refractivity contribution >= 4 is 11.8 Å². The summed E-state index contributed by atoms with van der Waals surface area (Å²) in [6, 6.07) is 0.236. The third-order valence-electron chi connectivity index (χ3n) is 3.41. The second-order valence-corrected chi connectivity index (χ2v) is 5.02. The van der Waals surface area contributed by atoms with Gasteiger partial charge in [0.1, 0.15) is 0 Å². The summed E-state index contributed by atoms with van der Waals surface area (Å²) in [6.45, 7) is 5.38. The molecule has 1 fully saturated rings. The summed E-state index contributed by atoms with van der Waals surface area (Å²) in [5.74, 6) is -0.432. The molecule has 4 N–H and O–H groups in total. The Balaban J connectivity index is 2.14. The van der Waals surface area contributed by atoms with Gasteiger partial charge in [-0.1, -0.05) is 13.3 Å². The van der Waals surface area contributed by atoms with Crippen molar-refractivity contribution in [3.8, 4) is 0 Å². The number of carbonyl (C=O) groups is 2. The molecule has 0 bridgehead atoms. The van der Waals surface area contributed by atoms with Crippen LogP contribution in [0.4, 0.5) is 0 Å². The van der Waals surface area contributed by atoms with E-state index in [0.717, 1.165) is 32.5 Å². The first-order valence-corrected chi connectivity index (χ1v) is 7.14. The highest BCUT2D eigenvalue weighted by atomic mass is 16.2. The number of rotatable bonds is 7. The van der Waals surface area contributed by atoms with Crippen molar-refractivity contribution in [2.24, 2.45) is 5.73 Å². The fourth-order valence-corrected chi connectivity index (χ4v) is 2.21. The maximum atomic E-state index is 11.6. The Morgan fingerprint density at radius 1 is 1.26 bits per heavy atom. The number of nitrogens with one attached hydrogen (secondary N) is 2. The van der Waals surface area contributed by atoms with Gasteiger partial charge >= 0.3 is 0 Å². The van der Waals surface area contributed by atoms with Gasteiger partial charge in [0.2, 0.25) is 11.8 Å². The average Bonchev–Trinajstić information content (AvgIpc) is 2.44. The van der Waals surface area contributed by atoms with Crippen LogP contribution >= 0.6 is 0 Å². The zero-order chi connectivity index (χ0) is 14.1. The minimum atomic E-state index is -0.301. The average molecular weight is 270 g/mol. The van der Waals surface area contributed by atoms with Crippen molar-refractivity contribution in [1.29, 1.82) is 0 Å². The lowest BCUT2D eigenvalue weighted by molar-refractivity contribution is -0.125. The lowest BCUT2D eigenvalue weighted by Gasteiger charge is -2.32. The van der Waals surface area contributed by atoms with Crippen LogP contribution in [0.5, 0.6) is 0 Å². The van der Waals surface area contributed by atoms with Gasteiger partial charge in [-0.2, -0.15) is 0 Å². The first kappa shape index (κ1) is 15.9. The van der Waals surface area contributed by atoms with Crippen molar-refractivity contribution < 1.29 is 9.59 Å².